The predicted octanol–water partition coefficient (Wildman–Crippen LogP) is 3.78. The van der Waals surface area contributed by atoms with Gasteiger partial charge >= 0.3 is 12.1 Å². The van der Waals surface area contributed by atoms with Crippen molar-refractivity contribution in [1.29, 1.82) is 0 Å². The molecule has 170 valence electrons. The van der Waals surface area contributed by atoms with E-state index >= 15 is 0 Å². The number of carbonyl (C=O) groups excluding carboxylic acids is 2. The second-order valence-corrected chi connectivity index (χ2v) is 8.47. The molecule has 3 rings (SSSR count). The van der Waals surface area contributed by atoms with Crippen LogP contribution < -0.4 is 10.6 Å². The number of fused-ring (bicyclic) bond motifs is 3. The van der Waals surface area contributed by atoms with Crippen molar-refractivity contribution >= 4 is 18.0 Å². The van der Waals surface area contributed by atoms with Crippen LogP contribution in [-0.4, -0.2) is 42.3 Å². The number of amides is 2. The van der Waals surface area contributed by atoms with Gasteiger partial charge in [-0.25, -0.2) is 4.79 Å². The van der Waals surface area contributed by atoms with E-state index in [-0.39, 0.29) is 37.3 Å². The topological polar surface area (TPSA) is 105 Å². The van der Waals surface area contributed by atoms with Gasteiger partial charge in [0, 0.05) is 24.9 Å². The quantitative estimate of drug-likeness (QED) is 0.553. The molecule has 7 heteroatoms. The van der Waals surface area contributed by atoms with Crippen molar-refractivity contribution in [3.63, 3.8) is 0 Å². The Morgan fingerprint density at radius 2 is 1.53 bits per heavy atom. The van der Waals surface area contributed by atoms with E-state index in [1.165, 1.54) is 0 Å². The Bertz CT molecular complexity index is 942. The van der Waals surface area contributed by atoms with Gasteiger partial charge in [0.25, 0.3) is 0 Å². The number of nitrogens with one attached hydrogen (secondary N) is 2. The highest BCUT2D eigenvalue weighted by Crippen LogP contribution is 2.44. The first-order chi connectivity index (χ1) is 15.3. The lowest BCUT2D eigenvalue weighted by Crippen LogP contribution is -2.44. The minimum atomic E-state index is -0.940. The van der Waals surface area contributed by atoms with Gasteiger partial charge in [-0.3, -0.25) is 9.59 Å². The SMILES string of the molecule is CC(C)C(C(=O)O)C(C)NC(=O)CCNC(=O)OCC1c2ccccc2-c2ccccc21. The van der Waals surface area contributed by atoms with Crippen LogP contribution in [0.4, 0.5) is 4.79 Å². The van der Waals surface area contributed by atoms with Crippen molar-refractivity contribution in [2.45, 2.75) is 39.2 Å². The highest BCUT2D eigenvalue weighted by Gasteiger charge is 2.30. The molecule has 0 radical (unpaired) electrons. The van der Waals surface area contributed by atoms with E-state index in [1.54, 1.807) is 20.8 Å². The van der Waals surface area contributed by atoms with Gasteiger partial charge in [0.15, 0.2) is 0 Å². The van der Waals surface area contributed by atoms with Crippen molar-refractivity contribution in [3.05, 3.63) is 59.7 Å². The molecule has 0 saturated carbocycles. The fourth-order valence-electron chi connectivity index (χ4n) is 4.42. The van der Waals surface area contributed by atoms with Crippen LogP contribution in [0.3, 0.4) is 0 Å². The number of aliphatic carboxylic acids is 1. The summed E-state index contributed by atoms with van der Waals surface area (Å²) in [6.45, 7) is 5.60. The minimum absolute atomic E-state index is 0.0266. The van der Waals surface area contributed by atoms with E-state index in [4.69, 9.17) is 4.74 Å². The van der Waals surface area contributed by atoms with Crippen LogP contribution in [-0.2, 0) is 14.3 Å². The van der Waals surface area contributed by atoms with Gasteiger partial charge in [0.1, 0.15) is 6.61 Å². The Morgan fingerprint density at radius 3 is 2.06 bits per heavy atom. The van der Waals surface area contributed by atoms with Gasteiger partial charge in [-0.2, -0.15) is 0 Å². The first-order valence-corrected chi connectivity index (χ1v) is 10.9. The highest BCUT2D eigenvalue weighted by atomic mass is 16.5. The smallest absolute Gasteiger partial charge is 0.407 e. The molecule has 0 spiro atoms. The van der Waals surface area contributed by atoms with Gasteiger partial charge in [-0.15, -0.1) is 0 Å². The summed E-state index contributed by atoms with van der Waals surface area (Å²) >= 11 is 0. The normalized spacial score (nSPS) is 14.2. The molecule has 0 bridgehead atoms. The fourth-order valence-corrected chi connectivity index (χ4v) is 4.42. The summed E-state index contributed by atoms with van der Waals surface area (Å²) < 4.78 is 5.44. The molecule has 0 aliphatic heterocycles. The molecular formula is C25H30N2O5. The standard InChI is InChI=1S/C25H30N2O5/c1-15(2)23(24(29)30)16(3)27-22(28)12-13-26-25(31)32-14-21-19-10-6-4-8-17(19)18-9-5-7-11-20(18)21/h4-11,15-16,21,23H,12-14H2,1-3H3,(H,26,31)(H,27,28)(H,29,30). The van der Waals surface area contributed by atoms with Gasteiger partial charge in [-0.05, 0) is 35.1 Å². The molecule has 2 atom stereocenters. The highest BCUT2D eigenvalue weighted by molar-refractivity contribution is 5.80. The number of carboxylic acids is 1. The number of ether oxygens (including phenoxy) is 1. The molecule has 0 fully saturated rings. The van der Waals surface area contributed by atoms with E-state index in [9.17, 15) is 19.5 Å². The van der Waals surface area contributed by atoms with Crippen molar-refractivity contribution in [2.24, 2.45) is 11.8 Å². The third kappa shape index (κ3) is 5.28. The van der Waals surface area contributed by atoms with Crippen molar-refractivity contribution in [3.8, 4) is 11.1 Å². The van der Waals surface area contributed by atoms with Crippen LogP contribution in [0.2, 0.25) is 0 Å². The molecule has 2 aromatic rings. The van der Waals surface area contributed by atoms with Crippen LogP contribution >= 0.6 is 0 Å². The fraction of sp³-hybridized carbons (Fsp3) is 0.400. The predicted molar refractivity (Wildman–Crippen MR) is 121 cm³/mol. The summed E-state index contributed by atoms with van der Waals surface area (Å²) in [6, 6.07) is 15.7. The lowest BCUT2D eigenvalue weighted by molar-refractivity contribution is -0.144. The summed E-state index contributed by atoms with van der Waals surface area (Å²) in [5.41, 5.74) is 4.58. The third-order valence-corrected chi connectivity index (χ3v) is 5.90. The van der Waals surface area contributed by atoms with Crippen LogP contribution in [0, 0.1) is 11.8 Å². The van der Waals surface area contributed by atoms with Crippen molar-refractivity contribution in [2.75, 3.05) is 13.2 Å². The van der Waals surface area contributed by atoms with Crippen molar-refractivity contribution < 1.29 is 24.2 Å². The molecule has 0 heterocycles. The molecule has 7 nitrogen and oxygen atoms in total. The Hall–Kier alpha value is -3.35. The molecule has 0 aromatic heterocycles. The van der Waals surface area contributed by atoms with Gasteiger partial charge in [0.2, 0.25) is 5.91 Å². The minimum Gasteiger partial charge on any atom is -0.481 e. The van der Waals surface area contributed by atoms with E-state index in [2.05, 4.69) is 22.8 Å². The zero-order valence-electron chi connectivity index (χ0n) is 18.6. The Kier molecular flexibility index (Phi) is 7.51. The van der Waals surface area contributed by atoms with E-state index < -0.39 is 24.0 Å². The lowest BCUT2D eigenvalue weighted by Gasteiger charge is -2.24. The molecule has 2 amide bonds. The van der Waals surface area contributed by atoms with Crippen LogP contribution in [0.1, 0.15) is 44.2 Å². The largest absolute Gasteiger partial charge is 0.481 e. The first kappa shape index (κ1) is 23.3. The Balaban J connectivity index is 1.46. The second-order valence-electron chi connectivity index (χ2n) is 8.47. The average molecular weight is 439 g/mol. The number of hydrogen-bond donors (Lipinski definition) is 3. The number of rotatable bonds is 9. The molecule has 2 unspecified atom stereocenters. The summed E-state index contributed by atoms with van der Waals surface area (Å²) in [6.07, 6.45) is -0.544. The van der Waals surface area contributed by atoms with Crippen molar-refractivity contribution in [1.82, 2.24) is 10.6 Å². The van der Waals surface area contributed by atoms with Gasteiger partial charge in [-0.1, -0.05) is 62.4 Å². The average Bonchev–Trinajstić information content (AvgIpc) is 3.05. The zero-order chi connectivity index (χ0) is 23.3. The third-order valence-electron chi connectivity index (χ3n) is 5.90. The first-order valence-electron chi connectivity index (χ1n) is 10.9. The summed E-state index contributed by atoms with van der Waals surface area (Å²) in [7, 11) is 0. The molecule has 0 saturated heterocycles. The van der Waals surface area contributed by atoms with Crippen LogP contribution in [0.5, 0.6) is 0 Å². The van der Waals surface area contributed by atoms with E-state index in [0.717, 1.165) is 22.3 Å². The van der Waals surface area contributed by atoms with E-state index in [1.807, 2.05) is 36.4 Å². The molecular weight excluding hydrogens is 408 g/mol. The van der Waals surface area contributed by atoms with Crippen LogP contribution in [0.25, 0.3) is 11.1 Å². The lowest BCUT2D eigenvalue weighted by atomic mass is 9.89. The maximum atomic E-state index is 12.2. The number of carbonyl (C=O) groups is 3. The monoisotopic (exact) mass is 438 g/mol. The number of benzene rings is 2. The molecule has 32 heavy (non-hydrogen) atoms. The number of hydrogen-bond acceptors (Lipinski definition) is 4. The summed E-state index contributed by atoms with van der Waals surface area (Å²) in [5, 5.41) is 14.6. The van der Waals surface area contributed by atoms with Gasteiger partial charge < -0.3 is 20.5 Å². The zero-order valence-corrected chi connectivity index (χ0v) is 18.6. The molecule has 1 aliphatic rings. The maximum absolute atomic E-state index is 12.2. The molecule has 1 aliphatic carbocycles. The number of alkyl carbamates (subject to hydrolysis) is 1. The Morgan fingerprint density at radius 1 is 0.969 bits per heavy atom. The maximum Gasteiger partial charge on any atom is 0.407 e. The molecule has 2 aromatic carbocycles. The summed E-state index contributed by atoms with van der Waals surface area (Å²) in [5.74, 6) is -2.06. The summed E-state index contributed by atoms with van der Waals surface area (Å²) in [4.78, 5) is 35.7. The Labute approximate surface area is 188 Å². The van der Waals surface area contributed by atoms with Gasteiger partial charge in [0.05, 0.1) is 5.92 Å². The number of carboxylic acid groups (broad SMARTS) is 1. The van der Waals surface area contributed by atoms with Crippen LogP contribution in [0.15, 0.2) is 48.5 Å². The molecule has 3 N–H and O–H groups in total. The second kappa shape index (κ2) is 10.3. The van der Waals surface area contributed by atoms with E-state index in [0.29, 0.717) is 0 Å².